The van der Waals surface area contributed by atoms with Crippen LogP contribution in [0.2, 0.25) is 10.3 Å². The fourth-order valence-electron chi connectivity index (χ4n) is 1.40. The average molecular weight is 326 g/mol. The third kappa shape index (κ3) is 3.71. The predicted molar refractivity (Wildman–Crippen MR) is 66.7 cm³/mol. The van der Waals surface area contributed by atoms with E-state index in [4.69, 9.17) is 23.2 Å². The van der Waals surface area contributed by atoms with Gasteiger partial charge in [-0.15, -0.1) is 0 Å². The van der Waals surface area contributed by atoms with Crippen LogP contribution in [0.1, 0.15) is 5.69 Å². The molecule has 0 saturated heterocycles. The van der Waals surface area contributed by atoms with Crippen LogP contribution in [0.25, 0.3) is 0 Å². The maximum absolute atomic E-state index is 13.1. The fraction of sp³-hybridized carbons (Fsp3) is 0.0909. The molecular weight excluding hydrogens is 321 g/mol. The molecule has 0 unspecified atom stereocenters. The first kappa shape index (κ1) is 14.8. The second-order valence-electron chi connectivity index (χ2n) is 3.69. The Balaban J connectivity index is 2.36. The molecule has 1 N–H and O–H groups in total. The molecule has 0 aliphatic heterocycles. The molecule has 0 bridgehead atoms. The predicted octanol–water partition coefficient (Wildman–Crippen LogP) is 4.68. The van der Waals surface area contributed by atoms with E-state index in [1.54, 1.807) is 0 Å². The van der Waals surface area contributed by atoms with E-state index in [-0.39, 0.29) is 16.5 Å². The highest BCUT2D eigenvalue weighted by Gasteiger charge is 2.33. The largest absolute Gasteiger partial charge is 0.433 e. The smallest absolute Gasteiger partial charge is 0.340 e. The summed E-state index contributed by atoms with van der Waals surface area (Å²) in [4.78, 5) is 6.65. The van der Waals surface area contributed by atoms with E-state index in [1.807, 2.05) is 0 Å². The van der Waals surface area contributed by atoms with E-state index in [0.717, 1.165) is 12.1 Å². The zero-order valence-electron chi connectivity index (χ0n) is 9.47. The lowest BCUT2D eigenvalue weighted by atomic mass is 10.3. The van der Waals surface area contributed by atoms with Gasteiger partial charge >= 0.3 is 6.18 Å². The molecule has 0 amide bonds. The zero-order valence-corrected chi connectivity index (χ0v) is 11.0. The molecule has 2 rings (SSSR count). The van der Waals surface area contributed by atoms with Gasteiger partial charge in [-0.2, -0.15) is 13.2 Å². The van der Waals surface area contributed by atoms with Gasteiger partial charge in [0, 0.05) is 16.8 Å². The maximum atomic E-state index is 13.1. The Morgan fingerprint density at radius 2 is 1.70 bits per heavy atom. The molecule has 1 heterocycles. The van der Waals surface area contributed by atoms with Crippen LogP contribution in [0.15, 0.2) is 24.3 Å². The van der Waals surface area contributed by atoms with Gasteiger partial charge in [-0.1, -0.05) is 11.6 Å². The van der Waals surface area contributed by atoms with Gasteiger partial charge in [0.2, 0.25) is 5.28 Å². The summed E-state index contributed by atoms with van der Waals surface area (Å²) in [5, 5.41) is 1.99. The van der Waals surface area contributed by atoms with Gasteiger partial charge in [0.15, 0.2) is 5.69 Å². The van der Waals surface area contributed by atoms with Gasteiger partial charge < -0.3 is 5.32 Å². The van der Waals surface area contributed by atoms with Gasteiger partial charge in [-0.25, -0.2) is 14.4 Å². The van der Waals surface area contributed by atoms with Crippen LogP contribution in [0.5, 0.6) is 0 Å². The summed E-state index contributed by atoms with van der Waals surface area (Å²) in [7, 11) is 0. The highest BCUT2D eigenvalue weighted by Crippen LogP contribution is 2.30. The number of nitrogens with one attached hydrogen (secondary N) is 1. The minimum absolute atomic E-state index is 0.0868. The molecule has 106 valence electrons. The van der Waals surface area contributed by atoms with Crippen molar-refractivity contribution >= 4 is 34.7 Å². The minimum atomic E-state index is -4.66. The Kier molecular flexibility index (Phi) is 4.01. The van der Waals surface area contributed by atoms with Crippen LogP contribution < -0.4 is 5.32 Å². The number of halogens is 6. The molecular formula is C11H5Cl2F4N3. The number of nitrogens with zero attached hydrogens (tertiary/aromatic N) is 2. The molecule has 0 saturated carbocycles. The minimum Gasteiger partial charge on any atom is -0.340 e. The lowest BCUT2D eigenvalue weighted by Gasteiger charge is -2.10. The Bertz CT molecular complexity index is 626. The van der Waals surface area contributed by atoms with Crippen LogP contribution in [0.4, 0.5) is 29.1 Å². The number of hydrogen-bond donors (Lipinski definition) is 1. The van der Waals surface area contributed by atoms with Crippen LogP contribution in [-0.4, -0.2) is 9.97 Å². The molecule has 2 aromatic rings. The molecule has 1 aromatic carbocycles. The lowest BCUT2D eigenvalue weighted by molar-refractivity contribution is -0.141. The van der Waals surface area contributed by atoms with Crippen molar-refractivity contribution in [1.29, 1.82) is 0 Å². The van der Waals surface area contributed by atoms with E-state index in [9.17, 15) is 17.6 Å². The number of benzene rings is 1. The standard InChI is InChI=1S/C11H5Cl2F4N3/c12-5-1-6(14)3-7(2-5)18-9-4-8(11(15,16)17)19-10(13)20-9/h1-4H,(H,18,19,20). The van der Waals surface area contributed by atoms with Crippen molar-refractivity contribution in [2.45, 2.75) is 6.18 Å². The van der Waals surface area contributed by atoms with Gasteiger partial charge in [-0.3, -0.25) is 0 Å². The van der Waals surface area contributed by atoms with Crippen molar-refractivity contribution in [1.82, 2.24) is 9.97 Å². The molecule has 9 heteroatoms. The monoisotopic (exact) mass is 325 g/mol. The van der Waals surface area contributed by atoms with E-state index in [2.05, 4.69) is 15.3 Å². The highest BCUT2D eigenvalue weighted by molar-refractivity contribution is 6.30. The molecule has 3 nitrogen and oxygen atoms in total. The van der Waals surface area contributed by atoms with Crippen molar-refractivity contribution in [3.05, 3.63) is 46.1 Å². The molecule has 0 aliphatic carbocycles. The van der Waals surface area contributed by atoms with Gasteiger partial charge in [0.1, 0.15) is 11.6 Å². The molecule has 0 atom stereocenters. The van der Waals surface area contributed by atoms with Crippen molar-refractivity contribution < 1.29 is 17.6 Å². The van der Waals surface area contributed by atoms with Gasteiger partial charge in [0.25, 0.3) is 0 Å². The van der Waals surface area contributed by atoms with Crippen molar-refractivity contribution in [2.75, 3.05) is 5.32 Å². The summed E-state index contributed by atoms with van der Waals surface area (Å²) in [6.45, 7) is 0. The number of hydrogen-bond acceptors (Lipinski definition) is 3. The Morgan fingerprint density at radius 3 is 2.30 bits per heavy atom. The van der Waals surface area contributed by atoms with Gasteiger partial charge in [-0.05, 0) is 29.8 Å². The first-order valence-corrected chi connectivity index (χ1v) is 5.84. The Morgan fingerprint density at radius 1 is 1.00 bits per heavy atom. The molecule has 1 aromatic heterocycles. The van der Waals surface area contributed by atoms with Crippen LogP contribution in [0, 0.1) is 5.82 Å². The quantitative estimate of drug-likeness (QED) is 0.643. The second-order valence-corrected chi connectivity index (χ2v) is 4.46. The second kappa shape index (κ2) is 5.41. The van der Waals surface area contributed by atoms with Crippen LogP contribution in [0.3, 0.4) is 0 Å². The number of anilines is 2. The van der Waals surface area contributed by atoms with Crippen LogP contribution in [-0.2, 0) is 6.18 Å². The van der Waals surface area contributed by atoms with Crippen molar-refractivity contribution in [2.24, 2.45) is 0 Å². The first-order chi connectivity index (χ1) is 9.24. The van der Waals surface area contributed by atoms with E-state index < -0.39 is 23.0 Å². The summed E-state index contributed by atoms with van der Waals surface area (Å²) in [5.74, 6) is -0.866. The summed E-state index contributed by atoms with van der Waals surface area (Å²) >= 11 is 11.1. The third-order valence-corrected chi connectivity index (χ3v) is 2.51. The van der Waals surface area contributed by atoms with Crippen molar-refractivity contribution in [3.63, 3.8) is 0 Å². The normalized spacial score (nSPS) is 11.5. The van der Waals surface area contributed by atoms with E-state index >= 15 is 0 Å². The van der Waals surface area contributed by atoms with E-state index in [1.165, 1.54) is 6.07 Å². The third-order valence-electron chi connectivity index (χ3n) is 2.12. The van der Waals surface area contributed by atoms with Crippen LogP contribution >= 0.6 is 23.2 Å². The number of rotatable bonds is 2. The fourth-order valence-corrected chi connectivity index (χ4v) is 1.80. The summed E-state index contributed by atoms with van der Waals surface area (Å²) in [6.07, 6.45) is -4.66. The molecule has 0 aliphatic rings. The topological polar surface area (TPSA) is 37.8 Å². The molecule has 0 fully saturated rings. The number of aromatic nitrogens is 2. The lowest BCUT2D eigenvalue weighted by Crippen LogP contribution is -2.10. The molecule has 20 heavy (non-hydrogen) atoms. The highest BCUT2D eigenvalue weighted by atomic mass is 35.5. The summed E-state index contributed by atoms with van der Waals surface area (Å²) < 4.78 is 50.8. The van der Waals surface area contributed by atoms with Gasteiger partial charge in [0.05, 0.1) is 0 Å². The zero-order chi connectivity index (χ0) is 14.9. The number of alkyl halides is 3. The summed E-state index contributed by atoms with van der Waals surface area (Å²) in [5.41, 5.74) is -1.07. The Labute approximate surface area is 120 Å². The molecule has 0 radical (unpaired) electrons. The Hall–Kier alpha value is -1.60. The summed E-state index contributed by atoms with van der Waals surface area (Å²) in [6, 6.07) is 4.09. The first-order valence-electron chi connectivity index (χ1n) is 5.09. The van der Waals surface area contributed by atoms with E-state index in [0.29, 0.717) is 6.07 Å². The maximum Gasteiger partial charge on any atom is 0.433 e. The van der Waals surface area contributed by atoms with Crippen molar-refractivity contribution in [3.8, 4) is 0 Å². The average Bonchev–Trinajstić information content (AvgIpc) is 2.25. The SMILES string of the molecule is Fc1cc(Cl)cc(Nc2cc(C(F)(F)F)nc(Cl)n2)c1. The molecule has 0 spiro atoms.